The SMILES string of the molecule is CC[N+](C)(CC)CC(O)COc1ccc2ccccc2c1. The minimum absolute atomic E-state index is 0.339. The highest BCUT2D eigenvalue weighted by Gasteiger charge is 2.22. The fourth-order valence-electron chi connectivity index (χ4n) is 2.49. The van der Waals surface area contributed by atoms with Gasteiger partial charge in [-0.25, -0.2) is 0 Å². The van der Waals surface area contributed by atoms with Crippen LogP contribution in [0.15, 0.2) is 42.5 Å². The number of aliphatic hydroxyl groups is 1. The van der Waals surface area contributed by atoms with E-state index >= 15 is 0 Å². The normalized spacial score (nSPS) is 13.3. The van der Waals surface area contributed by atoms with Gasteiger partial charge in [0.15, 0.2) is 0 Å². The lowest BCUT2D eigenvalue weighted by Gasteiger charge is -2.33. The van der Waals surface area contributed by atoms with Crippen LogP contribution in [0.2, 0.25) is 0 Å². The molecule has 0 saturated carbocycles. The first-order valence-electron chi connectivity index (χ1n) is 7.69. The second-order valence-electron chi connectivity index (χ2n) is 5.91. The monoisotopic (exact) mass is 288 g/mol. The number of aliphatic hydroxyl groups excluding tert-OH is 1. The molecule has 2 rings (SSSR count). The van der Waals surface area contributed by atoms with Crippen molar-refractivity contribution in [2.24, 2.45) is 0 Å². The second-order valence-corrected chi connectivity index (χ2v) is 5.91. The van der Waals surface area contributed by atoms with Crippen molar-refractivity contribution in [2.75, 3.05) is 33.3 Å². The molecule has 0 bridgehead atoms. The van der Waals surface area contributed by atoms with Crippen LogP contribution in [0.4, 0.5) is 0 Å². The van der Waals surface area contributed by atoms with E-state index in [0.29, 0.717) is 6.61 Å². The number of fused-ring (bicyclic) bond motifs is 1. The van der Waals surface area contributed by atoms with Gasteiger partial charge in [0.1, 0.15) is 25.0 Å². The Hall–Kier alpha value is -1.58. The summed E-state index contributed by atoms with van der Waals surface area (Å²) in [7, 11) is 2.17. The molecule has 3 nitrogen and oxygen atoms in total. The van der Waals surface area contributed by atoms with E-state index in [-0.39, 0.29) is 0 Å². The predicted octanol–water partition coefficient (Wildman–Crippen LogP) is 3.07. The molecule has 21 heavy (non-hydrogen) atoms. The van der Waals surface area contributed by atoms with E-state index in [1.807, 2.05) is 24.3 Å². The molecule has 0 radical (unpaired) electrons. The minimum Gasteiger partial charge on any atom is -0.491 e. The number of nitrogens with zero attached hydrogens (tertiary/aromatic N) is 1. The van der Waals surface area contributed by atoms with Crippen molar-refractivity contribution in [3.05, 3.63) is 42.5 Å². The van der Waals surface area contributed by atoms with Crippen LogP contribution in [0.25, 0.3) is 10.8 Å². The average molecular weight is 288 g/mol. The molecule has 0 aliphatic rings. The predicted molar refractivity (Wildman–Crippen MR) is 87.6 cm³/mol. The first-order chi connectivity index (χ1) is 10.1. The van der Waals surface area contributed by atoms with Gasteiger partial charge in [0, 0.05) is 0 Å². The Morgan fingerprint density at radius 1 is 1.05 bits per heavy atom. The Morgan fingerprint density at radius 2 is 1.71 bits per heavy atom. The number of rotatable bonds is 7. The molecule has 1 unspecified atom stereocenters. The highest BCUT2D eigenvalue weighted by atomic mass is 16.5. The maximum atomic E-state index is 10.2. The van der Waals surface area contributed by atoms with Crippen molar-refractivity contribution in [2.45, 2.75) is 20.0 Å². The van der Waals surface area contributed by atoms with E-state index in [0.717, 1.165) is 35.3 Å². The zero-order valence-electron chi connectivity index (χ0n) is 13.2. The molecule has 1 atom stereocenters. The van der Waals surface area contributed by atoms with E-state index in [4.69, 9.17) is 4.74 Å². The molecule has 2 aromatic rings. The zero-order chi connectivity index (χ0) is 15.3. The second kappa shape index (κ2) is 6.92. The number of hydrogen-bond acceptors (Lipinski definition) is 2. The Bertz CT molecular complexity index is 578. The molecule has 3 heteroatoms. The van der Waals surface area contributed by atoms with E-state index in [1.54, 1.807) is 0 Å². The van der Waals surface area contributed by atoms with Gasteiger partial charge < -0.3 is 14.3 Å². The molecule has 2 aromatic carbocycles. The van der Waals surface area contributed by atoms with Gasteiger partial charge in [0.05, 0.1) is 20.1 Å². The van der Waals surface area contributed by atoms with Gasteiger partial charge in [-0.2, -0.15) is 0 Å². The fraction of sp³-hybridized carbons (Fsp3) is 0.444. The molecule has 0 aliphatic carbocycles. The van der Waals surface area contributed by atoms with Gasteiger partial charge >= 0.3 is 0 Å². The van der Waals surface area contributed by atoms with Crippen LogP contribution < -0.4 is 4.74 Å². The first kappa shape index (κ1) is 15.8. The molecule has 114 valence electrons. The maximum Gasteiger partial charge on any atom is 0.137 e. The van der Waals surface area contributed by atoms with Crippen molar-refractivity contribution >= 4 is 10.8 Å². The molecule has 0 fully saturated rings. The lowest BCUT2D eigenvalue weighted by Crippen LogP contribution is -2.49. The van der Waals surface area contributed by atoms with E-state index in [9.17, 15) is 5.11 Å². The van der Waals surface area contributed by atoms with E-state index in [2.05, 4.69) is 39.1 Å². The quantitative estimate of drug-likeness (QED) is 0.793. The summed E-state index contributed by atoms with van der Waals surface area (Å²) >= 11 is 0. The lowest BCUT2D eigenvalue weighted by atomic mass is 10.1. The highest BCUT2D eigenvalue weighted by Crippen LogP contribution is 2.20. The maximum absolute atomic E-state index is 10.2. The third kappa shape index (κ3) is 4.19. The zero-order valence-corrected chi connectivity index (χ0v) is 13.2. The average Bonchev–Trinajstić information content (AvgIpc) is 2.52. The lowest BCUT2D eigenvalue weighted by molar-refractivity contribution is -0.909. The van der Waals surface area contributed by atoms with E-state index < -0.39 is 6.10 Å². The molecule has 0 heterocycles. The molecule has 0 saturated heterocycles. The summed E-state index contributed by atoms with van der Waals surface area (Å²) in [5, 5.41) is 12.5. The van der Waals surface area contributed by atoms with E-state index in [1.165, 1.54) is 5.39 Å². The Kier molecular flexibility index (Phi) is 5.21. The Balaban J connectivity index is 1.95. The summed E-state index contributed by atoms with van der Waals surface area (Å²) in [6.45, 7) is 7.40. The van der Waals surface area contributed by atoms with Gasteiger partial charge in [0.25, 0.3) is 0 Å². The van der Waals surface area contributed by atoms with Gasteiger partial charge in [-0.05, 0) is 36.8 Å². The molecule has 1 N–H and O–H groups in total. The minimum atomic E-state index is -0.443. The first-order valence-corrected chi connectivity index (χ1v) is 7.69. The third-order valence-corrected chi connectivity index (χ3v) is 4.34. The number of likely N-dealkylation sites (N-methyl/N-ethyl adjacent to an activating group) is 1. The summed E-state index contributed by atoms with van der Waals surface area (Å²) in [5.41, 5.74) is 0. The smallest absolute Gasteiger partial charge is 0.137 e. The van der Waals surface area contributed by atoms with Crippen LogP contribution in [0.3, 0.4) is 0 Å². The van der Waals surface area contributed by atoms with Crippen molar-refractivity contribution in [3.8, 4) is 5.75 Å². The molecular formula is C18H26NO2+. The van der Waals surface area contributed by atoms with Crippen LogP contribution in [0.1, 0.15) is 13.8 Å². The molecular weight excluding hydrogens is 262 g/mol. The van der Waals surface area contributed by atoms with Crippen LogP contribution >= 0.6 is 0 Å². The number of quaternary nitrogens is 1. The van der Waals surface area contributed by atoms with Crippen molar-refractivity contribution in [3.63, 3.8) is 0 Å². The number of ether oxygens (including phenoxy) is 1. The molecule has 0 aliphatic heterocycles. The van der Waals surface area contributed by atoms with Crippen molar-refractivity contribution < 1.29 is 14.3 Å². The molecule has 0 spiro atoms. The highest BCUT2D eigenvalue weighted by molar-refractivity contribution is 5.83. The standard InChI is InChI=1S/C18H26NO2/c1-4-19(3,5-2)13-17(20)14-21-18-11-10-15-8-6-7-9-16(15)12-18/h6-12,17,20H,4-5,13-14H2,1-3H3/q+1. The molecule has 0 aromatic heterocycles. The largest absolute Gasteiger partial charge is 0.491 e. The van der Waals surface area contributed by atoms with Gasteiger partial charge in [0.2, 0.25) is 0 Å². The van der Waals surface area contributed by atoms with Crippen LogP contribution in [0.5, 0.6) is 5.75 Å². The molecule has 0 amide bonds. The Morgan fingerprint density at radius 3 is 2.38 bits per heavy atom. The topological polar surface area (TPSA) is 29.5 Å². The summed E-state index contributed by atoms with van der Waals surface area (Å²) in [6, 6.07) is 14.2. The van der Waals surface area contributed by atoms with Crippen molar-refractivity contribution in [1.29, 1.82) is 0 Å². The van der Waals surface area contributed by atoms with Crippen LogP contribution in [-0.2, 0) is 0 Å². The Labute approximate surface area is 127 Å². The van der Waals surface area contributed by atoms with Gasteiger partial charge in [-0.3, -0.25) is 0 Å². The van der Waals surface area contributed by atoms with Gasteiger partial charge in [-0.1, -0.05) is 30.3 Å². The van der Waals surface area contributed by atoms with Crippen LogP contribution in [0, 0.1) is 0 Å². The number of benzene rings is 2. The third-order valence-electron chi connectivity index (χ3n) is 4.34. The number of hydrogen-bond donors (Lipinski definition) is 1. The van der Waals surface area contributed by atoms with Gasteiger partial charge in [-0.15, -0.1) is 0 Å². The fourth-order valence-corrected chi connectivity index (χ4v) is 2.49. The summed E-state index contributed by atoms with van der Waals surface area (Å²) < 4.78 is 6.61. The van der Waals surface area contributed by atoms with Crippen molar-refractivity contribution in [1.82, 2.24) is 0 Å². The van der Waals surface area contributed by atoms with Crippen LogP contribution in [-0.4, -0.2) is 49.0 Å². The summed E-state index contributed by atoms with van der Waals surface area (Å²) in [5.74, 6) is 0.815. The summed E-state index contributed by atoms with van der Waals surface area (Å²) in [4.78, 5) is 0. The summed E-state index contributed by atoms with van der Waals surface area (Å²) in [6.07, 6.45) is -0.443.